The zero-order valence-electron chi connectivity index (χ0n) is 9.56. The van der Waals surface area contributed by atoms with Gasteiger partial charge in [0.15, 0.2) is 0 Å². The van der Waals surface area contributed by atoms with E-state index in [2.05, 4.69) is 0 Å². The van der Waals surface area contributed by atoms with Crippen LogP contribution in [-0.4, -0.2) is 46.9 Å². The lowest BCUT2D eigenvalue weighted by molar-refractivity contribution is 0.000482. The quantitative estimate of drug-likeness (QED) is 0.611. The van der Waals surface area contributed by atoms with Gasteiger partial charge in [0.1, 0.15) is 5.60 Å². The van der Waals surface area contributed by atoms with Crippen molar-refractivity contribution in [2.24, 2.45) is 5.73 Å². The van der Waals surface area contributed by atoms with E-state index in [4.69, 9.17) is 10.5 Å². The number of rotatable bonds is 0. The van der Waals surface area contributed by atoms with E-state index < -0.39 is 17.8 Å². The lowest BCUT2D eigenvalue weighted by Gasteiger charge is -2.35. The Labute approximate surface area is 90.2 Å². The molecule has 1 aliphatic rings. The molecule has 88 valence electrons. The van der Waals surface area contributed by atoms with Crippen molar-refractivity contribution in [2.75, 3.05) is 13.1 Å². The van der Waals surface area contributed by atoms with E-state index in [0.29, 0.717) is 19.5 Å². The van der Waals surface area contributed by atoms with Crippen LogP contribution in [-0.2, 0) is 4.74 Å². The van der Waals surface area contributed by atoms with Gasteiger partial charge in [-0.15, -0.1) is 0 Å². The summed E-state index contributed by atoms with van der Waals surface area (Å²) in [5.74, 6) is 0. The molecule has 0 aliphatic carbocycles. The molecule has 1 aliphatic heterocycles. The number of nitrogens with two attached hydrogens (primary N) is 1. The highest BCUT2D eigenvalue weighted by atomic mass is 16.6. The van der Waals surface area contributed by atoms with E-state index in [0.717, 1.165) is 0 Å². The molecule has 1 fully saturated rings. The standard InChI is InChI=1S/C10H20N2O3/c1-10(2,3)15-9(14)12-5-7(11)4-8(13)6-12/h7-8,13H,4-6,11H2,1-3H3/t7-,8?/m0/s1. The van der Waals surface area contributed by atoms with E-state index in [1.54, 1.807) is 0 Å². The van der Waals surface area contributed by atoms with Crippen LogP contribution in [0.5, 0.6) is 0 Å². The average Bonchev–Trinajstić information content (AvgIpc) is 1.98. The van der Waals surface area contributed by atoms with Crippen molar-refractivity contribution in [2.45, 2.75) is 44.9 Å². The number of carbonyl (C=O) groups excluding carboxylic acids is 1. The summed E-state index contributed by atoms with van der Waals surface area (Å²) in [5, 5.41) is 9.47. The molecule has 2 atom stereocenters. The van der Waals surface area contributed by atoms with Gasteiger partial charge in [-0.25, -0.2) is 4.79 Å². The minimum absolute atomic E-state index is 0.165. The van der Waals surface area contributed by atoms with E-state index in [1.165, 1.54) is 4.90 Å². The smallest absolute Gasteiger partial charge is 0.410 e. The van der Waals surface area contributed by atoms with Crippen LogP contribution < -0.4 is 5.73 Å². The van der Waals surface area contributed by atoms with Crippen LogP contribution in [0.15, 0.2) is 0 Å². The summed E-state index contributed by atoms with van der Waals surface area (Å²) in [5.41, 5.74) is 5.20. The second-order valence-electron chi connectivity index (χ2n) is 5.03. The molecule has 0 spiro atoms. The molecule has 1 amide bonds. The summed E-state index contributed by atoms with van der Waals surface area (Å²) in [6.45, 7) is 6.19. The highest BCUT2D eigenvalue weighted by Crippen LogP contribution is 2.14. The zero-order valence-corrected chi connectivity index (χ0v) is 9.56. The maximum atomic E-state index is 11.6. The van der Waals surface area contributed by atoms with Gasteiger partial charge >= 0.3 is 6.09 Å². The van der Waals surface area contributed by atoms with Gasteiger partial charge in [-0.05, 0) is 27.2 Å². The Morgan fingerprint density at radius 3 is 2.53 bits per heavy atom. The fourth-order valence-corrected chi connectivity index (χ4v) is 1.59. The van der Waals surface area contributed by atoms with Crippen molar-refractivity contribution in [3.05, 3.63) is 0 Å². The van der Waals surface area contributed by atoms with Crippen LogP contribution in [0.1, 0.15) is 27.2 Å². The molecule has 1 rings (SSSR count). The molecular weight excluding hydrogens is 196 g/mol. The lowest BCUT2D eigenvalue weighted by Crippen LogP contribution is -2.52. The summed E-state index contributed by atoms with van der Waals surface area (Å²) in [7, 11) is 0. The predicted octanol–water partition coefficient (Wildman–Crippen LogP) is 0.315. The van der Waals surface area contributed by atoms with Crippen molar-refractivity contribution in [3.8, 4) is 0 Å². The molecule has 5 heteroatoms. The number of hydrogen-bond donors (Lipinski definition) is 2. The number of amides is 1. The van der Waals surface area contributed by atoms with Crippen molar-refractivity contribution in [1.29, 1.82) is 0 Å². The number of β-amino-alcohol motifs (C(OH)–C–C–N with tert-alkyl or cyclic N) is 1. The molecule has 1 unspecified atom stereocenters. The molecule has 3 N–H and O–H groups in total. The Bertz CT molecular complexity index is 227. The number of carbonyl (C=O) groups is 1. The van der Waals surface area contributed by atoms with E-state index >= 15 is 0 Å². The molecule has 0 aromatic heterocycles. The van der Waals surface area contributed by atoms with E-state index in [9.17, 15) is 9.90 Å². The largest absolute Gasteiger partial charge is 0.444 e. The predicted molar refractivity (Wildman–Crippen MR) is 56.4 cm³/mol. The monoisotopic (exact) mass is 216 g/mol. The molecule has 0 saturated carbocycles. The van der Waals surface area contributed by atoms with Gasteiger partial charge in [0.2, 0.25) is 0 Å². The highest BCUT2D eigenvalue weighted by Gasteiger charge is 2.29. The minimum Gasteiger partial charge on any atom is -0.444 e. The molecule has 1 saturated heterocycles. The summed E-state index contributed by atoms with van der Waals surface area (Å²) in [4.78, 5) is 13.1. The van der Waals surface area contributed by atoms with Crippen molar-refractivity contribution in [3.63, 3.8) is 0 Å². The Hall–Kier alpha value is -0.810. The minimum atomic E-state index is -0.540. The summed E-state index contributed by atoms with van der Waals surface area (Å²) in [6.07, 6.45) is -0.405. The van der Waals surface area contributed by atoms with Crippen LogP contribution >= 0.6 is 0 Å². The third kappa shape index (κ3) is 4.05. The fourth-order valence-electron chi connectivity index (χ4n) is 1.59. The first kappa shape index (κ1) is 12.3. The van der Waals surface area contributed by atoms with Gasteiger partial charge in [-0.2, -0.15) is 0 Å². The fraction of sp³-hybridized carbons (Fsp3) is 0.900. The van der Waals surface area contributed by atoms with E-state index in [1.807, 2.05) is 20.8 Å². The second-order valence-corrected chi connectivity index (χ2v) is 5.03. The Kier molecular flexibility index (Phi) is 3.57. The second kappa shape index (κ2) is 4.37. The van der Waals surface area contributed by atoms with E-state index in [-0.39, 0.29) is 6.04 Å². The van der Waals surface area contributed by atoms with Crippen molar-refractivity contribution in [1.82, 2.24) is 4.90 Å². The van der Waals surface area contributed by atoms with Crippen LogP contribution in [0.3, 0.4) is 0 Å². The van der Waals surface area contributed by atoms with Gasteiger partial charge in [-0.3, -0.25) is 0 Å². The Balaban J connectivity index is 2.52. The number of aliphatic hydroxyl groups excluding tert-OH is 1. The zero-order chi connectivity index (χ0) is 11.6. The molecule has 0 bridgehead atoms. The van der Waals surface area contributed by atoms with Crippen LogP contribution in [0, 0.1) is 0 Å². The van der Waals surface area contributed by atoms with Crippen molar-refractivity contribution < 1.29 is 14.6 Å². The number of piperidine rings is 1. The topological polar surface area (TPSA) is 75.8 Å². The number of hydrogen-bond acceptors (Lipinski definition) is 4. The molecule has 5 nitrogen and oxygen atoms in total. The summed E-state index contributed by atoms with van der Waals surface area (Å²) < 4.78 is 5.19. The molecular formula is C10H20N2O3. The maximum Gasteiger partial charge on any atom is 0.410 e. The third-order valence-electron chi connectivity index (χ3n) is 2.11. The number of aliphatic hydroxyl groups is 1. The lowest BCUT2D eigenvalue weighted by atomic mass is 10.0. The average molecular weight is 216 g/mol. The number of nitrogens with zero attached hydrogens (tertiary/aromatic N) is 1. The molecule has 15 heavy (non-hydrogen) atoms. The van der Waals surface area contributed by atoms with Gasteiger partial charge in [0.25, 0.3) is 0 Å². The molecule has 0 aromatic rings. The van der Waals surface area contributed by atoms with Crippen LogP contribution in [0.2, 0.25) is 0 Å². The third-order valence-corrected chi connectivity index (χ3v) is 2.11. The van der Waals surface area contributed by atoms with Gasteiger partial charge < -0.3 is 20.5 Å². The SMILES string of the molecule is CC(C)(C)OC(=O)N1CC(O)C[C@H](N)C1. The highest BCUT2D eigenvalue weighted by molar-refractivity contribution is 5.68. The summed E-state index contributed by atoms with van der Waals surface area (Å²) in [6, 6.07) is -0.165. The maximum absolute atomic E-state index is 11.6. The Morgan fingerprint density at radius 2 is 2.07 bits per heavy atom. The molecule has 1 heterocycles. The van der Waals surface area contributed by atoms with Crippen LogP contribution in [0.25, 0.3) is 0 Å². The molecule has 0 aromatic carbocycles. The number of ether oxygens (including phenoxy) is 1. The van der Waals surface area contributed by atoms with Gasteiger partial charge in [0.05, 0.1) is 12.6 Å². The van der Waals surface area contributed by atoms with Crippen molar-refractivity contribution >= 4 is 6.09 Å². The first-order valence-electron chi connectivity index (χ1n) is 5.19. The Morgan fingerprint density at radius 1 is 1.47 bits per heavy atom. The first-order chi connectivity index (χ1) is 6.78. The normalized spacial score (nSPS) is 27.7. The first-order valence-corrected chi connectivity index (χ1v) is 5.19. The van der Waals surface area contributed by atoms with Gasteiger partial charge in [-0.1, -0.05) is 0 Å². The van der Waals surface area contributed by atoms with Gasteiger partial charge in [0, 0.05) is 12.6 Å². The van der Waals surface area contributed by atoms with Crippen LogP contribution in [0.4, 0.5) is 4.79 Å². The number of likely N-dealkylation sites (tertiary alicyclic amines) is 1. The molecule has 0 radical (unpaired) electrons. The summed E-state index contributed by atoms with van der Waals surface area (Å²) >= 11 is 0.